The van der Waals surface area contributed by atoms with E-state index in [4.69, 9.17) is 4.74 Å². The first-order valence-electron chi connectivity index (χ1n) is 10.4. The lowest BCUT2D eigenvalue weighted by Gasteiger charge is -2.38. The van der Waals surface area contributed by atoms with Crippen LogP contribution in [-0.2, 0) is 4.74 Å². The molecule has 2 heterocycles. The monoisotopic (exact) mass is 373 g/mol. The molecule has 1 aromatic carbocycles. The number of amides is 1. The molecule has 5 heteroatoms. The first kappa shape index (κ1) is 20.2. The molecule has 0 aliphatic carbocycles. The molecular formula is C22H35N3O2. The van der Waals surface area contributed by atoms with Crippen LogP contribution in [0.3, 0.4) is 0 Å². The molecular weight excluding hydrogens is 338 g/mol. The highest BCUT2D eigenvalue weighted by Gasteiger charge is 2.26. The van der Waals surface area contributed by atoms with Gasteiger partial charge in [-0.15, -0.1) is 0 Å². The van der Waals surface area contributed by atoms with Crippen molar-refractivity contribution in [2.24, 2.45) is 0 Å². The van der Waals surface area contributed by atoms with Crippen LogP contribution in [0.4, 0.5) is 5.69 Å². The van der Waals surface area contributed by atoms with Crippen molar-refractivity contribution in [2.45, 2.75) is 57.8 Å². The number of piperidine rings is 2. The number of benzene rings is 1. The van der Waals surface area contributed by atoms with Crippen LogP contribution in [-0.4, -0.2) is 74.2 Å². The predicted octanol–water partition coefficient (Wildman–Crippen LogP) is 3.25. The number of anilines is 1. The number of hydrogen-bond acceptors (Lipinski definition) is 4. The van der Waals surface area contributed by atoms with Gasteiger partial charge in [0.2, 0.25) is 0 Å². The van der Waals surface area contributed by atoms with Crippen LogP contribution in [0.5, 0.6) is 0 Å². The third-order valence-corrected chi connectivity index (χ3v) is 5.92. The molecule has 0 N–H and O–H groups in total. The van der Waals surface area contributed by atoms with Gasteiger partial charge < -0.3 is 19.4 Å². The summed E-state index contributed by atoms with van der Waals surface area (Å²) in [5.74, 6) is 0.0529. The molecule has 150 valence electrons. The molecule has 2 saturated heterocycles. The van der Waals surface area contributed by atoms with Crippen LogP contribution in [0.15, 0.2) is 24.3 Å². The zero-order valence-electron chi connectivity index (χ0n) is 17.4. The molecule has 0 aromatic heterocycles. The van der Waals surface area contributed by atoms with Gasteiger partial charge in [-0.1, -0.05) is 0 Å². The van der Waals surface area contributed by atoms with Gasteiger partial charge in [0, 0.05) is 57.6 Å². The Morgan fingerprint density at radius 1 is 0.963 bits per heavy atom. The van der Waals surface area contributed by atoms with Crippen molar-refractivity contribution in [3.05, 3.63) is 29.8 Å². The van der Waals surface area contributed by atoms with Crippen LogP contribution < -0.4 is 4.90 Å². The predicted molar refractivity (Wildman–Crippen MR) is 111 cm³/mol. The fourth-order valence-electron chi connectivity index (χ4n) is 4.12. The lowest BCUT2D eigenvalue weighted by Crippen LogP contribution is -2.43. The Balaban J connectivity index is 1.44. The minimum atomic E-state index is 0.0529. The van der Waals surface area contributed by atoms with Gasteiger partial charge in [0.25, 0.3) is 5.91 Å². The second-order valence-electron chi connectivity index (χ2n) is 8.40. The van der Waals surface area contributed by atoms with Crippen LogP contribution in [0.2, 0.25) is 0 Å². The van der Waals surface area contributed by atoms with Crippen LogP contribution in [0, 0.1) is 0 Å². The van der Waals surface area contributed by atoms with Gasteiger partial charge in [-0.25, -0.2) is 0 Å². The maximum absolute atomic E-state index is 12.0. The molecule has 0 unspecified atom stereocenters. The fourth-order valence-corrected chi connectivity index (χ4v) is 4.12. The normalized spacial score (nSPS) is 20.3. The van der Waals surface area contributed by atoms with E-state index in [0.717, 1.165) is 31.5 Å². The van der Waals surface area contributed by atoms with Crippen molar-refractivity contribution in [1.29, 1.82) is 0 Å². The molecule has 0 spiro atoms. The van der Waals surface area contributed by atoms with Crippen LogP contribution in [0.1, 0.15) is 49.9 Å². The number of nitrogens with zero attached hydrogens (tertiary/aromatic N) is 3. The summed E-state index contributed by atoms with van der Waals surface area (Å²) in [7, 11) is 3.57. The molecule has 5 nitrogen and oxygen atoms in total. The molecule has 27 heavy (non-hydrogen) atoms. The molecule has 0 bridgehead atoms. The maximum Gasteiger partial charge on any atom is 0.253 e. The number of hydrogen-bond donors (Lipinski definition) is 0. The van der Waals surface area contributed by atoms with E-state index in [1.165, 1.54) is 31.6 Å². The molecule has 2 aliphatic rings. The van der Waals surface area contributed by atoms with E-state index in [-0.39, 0.29) is 5.91 Å². The van der Waals surface area contributed by atoms with E-state index < -0.39 is 0 Å². The zero-order valence-corrected chi connectivity index (χ0v) is 17.4. The SMILES string of the molecule is CC(C)N1CCC(OC2CCN(c3ccc(C(=O)N(C)C)cc3)CC2)CC1. The van der Waals surface area contributed by atoms with Crippen molar-refractivity contribution in [2.75, 3.05) is 45.2 Å². The number of carbonyl (C=O) groups excluding carboxylic acids is 1. The quantitative estimate of drug-likeness (QED) is 0.794. The number of rotatable bonds is 5. The van der Waals surface area contributed by atoms with Crippen molar-refractivity contribution in [3.8, 4) is 0 Å². The van der Waals surface area contributed by atoms with Gasteiger partial charge in [0.05, 0.1) is 12.2 Å². The summed E-state index contributed by atoms with van der Waals surface area (Å²) in [5.41, 5.74) is 1.95. The van der Waals surface area contributed by atoms with Gasteiger partial charge in [0.1, 0.15) is 0 Å². The molecule has 0 radical (unpaired) electrons. The van der Waals surface area contributed by atoms with Gasteiger partial charge >= 0.3 is 0 Å². The highest BCUT2D eigenvalue weighted by molar-refractivity contribution is 5.94. The van der Waals surface area contributed by atoms with Gasteiger partial charge in [0.15, 0.2) is 0 Å². The average molecular weight is 374 g/mol. The Kier molecular flexibility index (Phi) is 6.77. The Morgan fingerprint density at radius 2 is 1.48 bits per heavy atom. The Bertz CT molecular complexity index is 598. The average Bonchev–Trinajstić information content (AvgIpc) is 2.68. The smallest absolute Gasteiger partial charge is 0.253 e. The van der Waals surface area contributed by atoms with Gasteiger partial charge in [-0.2, -0.15) is 0 Å². The largest absolute Gasteiger partial charge is 0.375 e. The number of likely N-dealkylation sites (tertiary alicyclic amines) is 1. The first-order valence-corrected chi connectivity index (χ1v) is 10.4. The minimum Gasteiger partial charge on any atom is -0.375 e. The molecule has 0 atom stereocenters. The Labute approximate surface area is 164 Å². The fraction of sp³-hybridized carbons (Fsp3) is 0.682. The molecule has 0 saturated carbocycles. The van der Waals surface area contributed by atoms with Crippen molar-refractivity contribution in [1.82, 2.24) is 9.80 Å². The maximum atomic E-state index is 12.0. The van der Waals surface area contributed by atoms with Crippen molar-refractivity contribution < 1.29 is 9.53 Å². The van der Waals surface area contributed by atoms with E-state index in [1.807, 2.05) is 12.1 Å². The van der Waals surface area contributed by atoms with E-state index >= 15 is 0 Å². The molecule has 1 aromatic rings. The summed E-state index contributed by atoms with van der Waals surface area (Å²) in [6.45, 7) is 8.94. The van der Waals surface area contributed by atoms with E-state index in [9.17, 15) is 4.79 Å². The standard InChI is InChI=1S/C22H35N3O2/c1-17(2)24-13-9-20(10-14-24)27-21-11-15-25(16-12-21)19-7-5-18(6-8-19)22(26)23(3)4/h5-8,17,20-21H,9-16H2,1-4H3. The third kappa shape index (κ3) is 5.23. The minimum absolute atomic E-state index is 0.0529. The number of carbonyl (C=O) groups is 1. The first-order chi connectivity index (χ1) is 12.9. The third-order valence-electron chi connectivity index (χ3n) is 5.92. The lowest BCUT2D eigenvalue weighted by atomic mass is 10.0. The highest BCUT2D eigenvalue weighted by atomic mass is 16.5. The summed E-state index contributed by atoms with van der Waals surface area (Å²) in [6.07, 6.45) is 5.34. The zero-order chi connectivity index (χ0) is 19.4. The highest BCUT2D eigenvalue weighted by Crippen LogP contribution is 2.25. The second kappa shape index (κ2) is 9.07. The molecule has 2 aliphatic heterocycles. The second-order valence-corrected chi connectivity index (χ2v) is 8.40. The van der Waals surface area contributed by atoms with E-state index in [0.29, 0.717) is 18.2 Å². The van der Waals surface area contributed by atoms with E-state index in [1.54, 1.807) is 19.0 Å². The van der Waals surface area contributed by atoms with Gasteiger partial charge in [-0.05, 0) is 63.8 Å². The summed E-state index contributed by atoms with van der Waals surface area (Å²) in [5, 5.41) is 0. The van der Waals surface area contributed by atoms with Crippen molar-refractivity contribution >= 4 is 11.6 Å². The van der Waals surface area contributed by atoms with E-state index in [2.05, 4.69) is 35.8 Å². The Morgan fingerprint density at radius 3 is 1.96 bits per heavy atom. The molecule has 1 amide bonds. The van der Waals surface area contributed by atoms with Crippen molar-refractivity contribution in [3.63, 3.8) is 0 Å². The molecule has 2 fully saturated rings. The molecule has 3 rings (SSSR count). The Hall–Kier alpha value is -1.59. The summed E-state index contributed by atoms with van der Waals surface area (Å²) in [6, 6.07) is 8.65. The summed E-state index contributed by atoms with van der Waals surface area (Å²) < 4.78 is 6.42. The topological polar surface area (TPSA) is 36.0 Å². The number of ether oxygens (including phenoxy) is 1. The van der Waals surface area contributed by atoms with Crippen LogP contribution >= 0.6 is 0 Å². The summed E-state index contributed by atoms with van der Waals surface area (Å²) >= 11 is 0. The van der Waals surface area contributed by atoms with Gasteiger partial charge in [-0.3, -0.25) is 4.79 Å². The van der Waals surface area contributed by atoms with Crippen LogP contribution in [0.25, 0.3) is 0 Å². The summed E-state index contributed by atoms with van der Waals surface area (Å²) in [4.78, 5) is 18.6. The lowest BCUT2D eigenvalue weighted by molar-refractivity contribution is -0.0540.